The van der Waals surface area contributed by atoms with Gasteiger partial charge in [0.15, 0.2) is 6.10 Å². The number of halogens is 1. The molecular weight excluding hydrogens is 578 g/mol. The molecule has 9 nitrogen and oxygen atoms in total. The summed E-state index contributed by atoms with van der Waals surface area (Å²) in [6.07, 6.45) is 2.18. The number of benzene rings is 3. The topological polar surface area (TPSA) is 132 Å². The predicted octanol–water partition coefficient (Wildman–Crippen LogP) is 6.07. The van der Waals surface area contributed by atoms with Gasteiger partial charge in [0.2, 0.25) is 5.91 Å². The van der Waals surface area contributed by atoms with Gasteiger partial charge in [0.1, 0.15) is 12.4 Å². The van der Waals surface area contributed by atoms with Crippen molar-refractivity contribution >= 4 is 45.0 Å². The van der Waals surface area contributed by atoms with Crippen molar-refractivity contribution in [1.82, 2.24) is 0 Å². The Kier molecular flexibility index (Phi) is 12.5. The summed E-state index contributed by atoms with van der Waals surface area (Å²) in [5.74, 6) is 0.224. The zero-order valence-electron chi connectivity index (χ0n) is 22.2. The number of para-hydroxylation sites is 2. The van der Waals surface area contributed by atoms with Crippen LogP contribution in [0.15, 0.2) is 89.4 Å². The highest BCUT2D eigenvalue weighted by atomic mass is 79.9. The fourth-order valence-corrected chi connectivity index (χ4v) is 4.14. The Balaban J connectivity index is 1.73. The second kappa shape index (κ2) is 16.3. The van der Waals surface area contributed by atoms with E-state index in [0.29, 0.717) is 47.8 Å². The molecule has 3 aromatic rings. The van der Waals surface area contributed by atoms with Gasteiger partial charge in [0.25, 0.3) is 0 Å². The number of nitrogens with one attached hydrogen (secondary N) is 2. The van der Waals surface area contributed by atoms with Crippen LogP contribution in [-0.2, 0) is 14.3 Å². The molecule has 0 saturated heterocycles. The second-order valence-electron chi connectivity index (χ2n) is 8.65. The van der Waals surface area contributed by atoms with E-state index in [1.54, 1.807) is 60.7 Å². The molecule has 212 valence electrons. The van der Waals surface area contributed by atoms with Crippen LogP contribution in [0.5, 0.6) is 5.75 Å². The maximum atomic E-state index is 12.9. The molecule has 5 N–H and O–H groups in total. The average Bonchev–Trinajstić information content (AvgIpc) is 2.95. The number of aliphatic hydroxyl groups is 1. The van der Waals surface area contributed by atoms with E-state index in [1.165, 1.54) is 6.08 Å². The van der Waals surface area contributed by atoms with E-state index in [2.05, 4.69) is 26.6 Å². The fourth-order valence-electron chi connectivity index (χ4n) is 3.87. The van der Waals surface area contributed by atoms with Crippen LogP contribution < -0.4 is 21.1 Å². The Hall–Kier alpha value is -3.86. The highest BCUT2D eigenvalue weighted by molar-refractivity contribution is 9.10. The lowest BCUT2D eigenvalue weighted by molar-refractivity contribution is -0.111. The molecule has 0 aromatic heterocycles. The van der Waals surface area contributed by atoms with Crippen molar-refractivity contribution in [3.05, 3.63) is 95.0 Å². The number of rotatable bonds is 14. The number of ether oxygens (including phenoxy) is 3. The second-order valence-corrected chi connectivity index (χ2v) is 9.57. The maximum absolute atomic E-state index is 12.9. The summed E-state index contributed by atoms with van der Waals surface area (Å²) < 4.78 is 18.4. The highest BCUT2D eigenvalue weighted by Gasteiger charge is 2.28. The number of amides is 2. The van der Waals surface area contributed by atoms with Crippen LogP contribution in [0.25, 0.3) is 0 Å². The number of nitrogens with two attached hydrogens (primary N) is 1. The fraction of sp³-hybridized carbons (Fsp3) is 0.267. The van der Waals surface area contributed by atoms with Gasteiger partial charge in [-0.2, -0.15) is 0 Å². The van der Waals surface area contributed by atoms with Crippen LogP contribution in [-0.4, -0.2) is 43.0 Å². The summed E-state index contributed by atoms with van der Waals surface area (Å²) in [4.78, 5) is 25.3. The summed E-state index contributed by atoms with van der Waals surface area (Å²) in [7, 11) is 0. The zero-order chi connectivity index (χ0) is 28.7. The number of hydrogen-bond acceptors (Lipinski definition) is 7. The van der Waals surface area contributed by atoms with E-state index < -0.39 is 18.3 Å². The summed E-state index contributed by atoms with van der Waals surface area (Å²) in [5.41, 5.74) is 8.16. The molecule has 0 heterocycles. The van der Waals surface area contributed by atoms with Gasteiger partial charge in [0.05, 0.1) is 24.1 Å². The molecule has 0 aliphatic heterocycles. The highest BCUT2D eigenvalue weighted by Crippen LogP contribution is 2.30. The molecule has 40 heavy (non-hydrogen) atoms. The smallest absolute Gasteiger partial charge is 0.412 e. The molecule has 0 aliphatic rings. The van der Waals surface area contributed by atoms with Crippen LogP contribution in [0, 0.1) is 0 Å². The van der Waals surface area contributed by atoms with E-state index in [9.17, 15) is 9.59 Å². The summed E-state index contributed by atoms with van der Waals surface area (Å²) >= 11 is 3.38. The van der Waals surface area contributed by atoms with Gasteiger partial charge in [-0.15, -0.1) is 0 Å². The van der Waals surface area contributed by atoms with Gasteiger partial charge in [-0.25, -0.2) is 4.79 Å². The van der Waals surface area contributed by atoms with Crippen LogP contribution in [0.3, 0.4) is 0 Å². The SMILES string of the molecule is CCO[C@@H](CC/C=C/C(=O)Nc1ccccc1N)[C@@H](OC(=O)Nc1ccc(Br)cc1)c1cccc(OCCO)c1. The molecule has 2 amide bonds. The number of hydrogen-bond donors (Lipinski definition) is 4. The van der Waals surface area contributed by atoms with Gasteiger partial charge in [-0.3, -0.25) is 10.1 Å². The van der Waals surface area contributed by atoms with E-state index in [-0.39, 0.29) is 19.1 Å². The molecule has 0 unspecified atom stereocenters. The number of nitrogen functional groups attached to an aromatic ring is 1. The number of allylic oxidation sites excluding steroid dienone is 1. The Morgan fingerprint density at radius 1 is 1.05 bits per heavy atom. The first-order valence-corrected chi connectivity index (χ1v) is 13.7. The maximum Gasteiger partial charge on any atom is 0.412 e. The van der Waals surface area contributed by atoms with Gasteiger partial charge in [-0.1, -0.05) is 46.3 Å². The normalized spacial score (nSPS) is 12.5. The van der Waals surface area contributed by atoms with E-state index in [1.807, 2.05) is 25.1 Å². The lowest BCUT2D eigenvalue weighted by Crippen LogP contribution is -2.29. The average molecular weight is 613 g/mol. The third-order valence-corrected chi connectivity index (χ3v) is 6.22. The molecule has 0 spiro atoms. The third kappa shape index (κ3) is 10.0. The summed E-state index contributed by atoms with van der Waals surface area (Å²) in [5, 5.41) is 14.6. The van der Waals surface area contributed by atoms with Gasteiger partial charge < -0.3 is 30.4 Å². The van der Waals surface area contributed by atoms with Crippen LogP contribution in [0.4, 0.5) is 21.9 Å². The standard InChI is InChI=1S/C30H34BrN3O6/c1-2-38-27(12-5-6-13-28(36)34-26-11-4-3-10-25(26)32)29(21-8-7-9-24(20-21)39-19-18-35)40-30(37)33-23-16-14-22(31)15-17-23/h3-4,6-11,13-17,20,27,29,35H,2,5,12,18-19,32H2,1H3,(H,33,37)(H,34,36)/b13-6+/t27-,29-/m0/s1. The molecule has 0 saturated carbocycles. The Bertz CT molecular complexity index is 1270. The predicted molar refractivity (Wildman–Crippen MR) is 159 cm³/mol. The molecule has 0 aliphatic carbocycles. The van der Waals surface area contributed by atoms with Crippen molar-refractivity contribution < 1.29 is 28.9 Å². The lowest BCUT2D eigenvalue weighted by atomic mass is 10.00. The minimum Gasteiger partial charge on any atom is -0.491 e. The van der Waals surface area contributed by atoms with Crippen LogP contribution >= 0.6 is 15.9 Å². The third-order valence-electron chi connectivity index (χ3n) is 5.70. The summed E-state index contributed by atoms with van der Waals surface area (Å²) in [6, 6.07) is 21.3. The Labute approximate surface area is 242 Å². The van der Waals surface area contributed by atoms with E-state index in [4.69, 9.17) is 25.1 Å². The largest absolute Gasteiger partial charge is 0.491 e. The van der Waals surface area contributed by atoms with Crippen molar-refractivity contribution in [3.63, 3.8) is 0 Å². The quantitative estimate of drug-likeness (QED) is 0.128. The van der Waals surface area contributed by atoms with Crippen molar-refractivity contribution in [3.8, 4) is 5.75 Å². The first-order valence-electron chi connectivity index (χ1n) is 12.9. The van der Waals surface area contributed by atoms with Crippen molar-refractivity contribution in [2.24, 2.45) is 0 Å². The lowest BCUT2D eigenvalue weighted by Gasteiger charge is -2.27. The van der Waals surface area contributed by atoms with E-state index >= 15 is 0 Å². The molecule has 0 radical (unpaired) electrons. The molecule has 0 bridgehead atoms. The Morgan fingerprint density at radius 2 is 1.82 bits per heavy atom. The van der Waals surface area contributed by atoms with Gasteiger partial charge in [0, 0.05) is 16.8 Å². The molecular formula is C30H34BrN3O6. The van der Waals surface area contributed by atoms with Crippen LogP contribution in [0.2, 0.25) is 0 Å². The molecule has 10 heteroatoms. The number of carbonyl (C=O) groups excluding carboxylic acids is 2. The number of carbonyl (C=O) groups is 2. The summed E-state index contributed by atoms with van der Waals surface area (Å²) in [6.45, 7) is 2.25. The molecule has 2 atom stereocenters. The number of anilines is 3. The van der Waals surface area contributed by atoms with Crippen molar-refractivity contribution in [2.75, 3.05) is 36.2 Å². The van der Waals surface area contributed by atoms with Crippen molar-refractivity contribution in [2.45, 2.75) is 32.0 Å². The van der Waals surface area contributed by atoms with E-state index in [0.717, 1.165) is 4.47 Å². The molecule has 3 aromatic carbocycles. The van der Waals surface area contributed by atoms with Gasteiger partial charge in [-0.05, 0) is 79.9 Å². The van der Waals surface area contributed by atoms with Crippen molar-refractivity contribution in [1.29, 1.82) is 0 Å². The number of aliphatic hydroxyl groups excluding tert-OH is 1. The first kappa shape index (κ1) is 30.7. The molecule has 3 rings (SSSR count). The minimum atomic E-state index is -0.778. The monoisotopic (exact) mass is 611 g/mol. The van der Waals surface area contributed by atoms with Gasteiger partial charge >= 0.3 is 6.09 Å². The first-order chi connectivity index (χ1) is 19.4. The minimum absolute atomic E-state index is 0.127. The zero-order valence-corrected chi connectivity index (χ0v) is 23.8. The molecule has 0 fully saturated rings. The Morgan fingerprint density at radius 3 is 2.55 bits per heavy atom. The van der Waals surface area contributed by atoms with Crippen LogP contribution in [0.1, 0.15) is 31.4 Å².